The highest BCUT2D eigenvalue weighted by atomic mass is 16.2. The van der Waals surface area contributed by atoms with E-state index < -0.39 is 0 Å². The Morgan fingerprint density at radius 3 is 1.80 bits per heavy atom. The summed E-state index contributed by atoms with van der Waals surface area (Å²) in [5.74, 6) is -0.371. The highest BCUT2D eigenvalue weighted by Gasteiger charge is 2.33. The number of anilines is 1. The van der Waals surface area contributed by atoms with Gasteiger partial charge in [0.2, 0.25) is 5.91 Å². The van der Waals surface area contributed by atoms with Crippen molar-refractivity contribution in [3.8, 4) is 11.1 Å². The molecule has 0 atom stereocenters. The van der Waals surface area contributed by atoms with Gasteiger partial charge >= 0.3 is 0 Å². The summed E-state index contributed by atoms with van der Waals surface area (Å²) >= 11 is 0. The number of carbonyl (C=O) groups excluding carboxylic acids is 2. The van der Waals surface area contributed by atoms with E-state index in [4.69, 9.17) is 0 Å². The number of hydrogen-bond donors (Lipinski definition) is 1. The summed E-state index contributed by atoms with van der Waals surface area (Å²) in [4.78, 5) is 24.4. The summed E-state index contributed by atoms with van der Waals surface area (Å²) < 4.78 is 0. The first-order chi connectivity index (χ1) is 12.1. The Labute approximate surface area is 146 Å². The van der Waals surface area contributed by atoms with Gasteiger partial charge in [-0.15, -0.1) is 0 Å². The van der Waals surface area contributed by atoms with Crippen molar-refractivity contribution in [1.82, 2.24) is 0 Å². The van der Waals surface area contributed by atoms with Crippen molar-refractivity contribution in [2.24, 2.45) is 0 Å². The van der Waals surface area contributed by atoms with Gasteiger partial charge in [-0.2, -0.15) is 0 Å². The van der Waals surface area contributed by atoms with Gasteiger partial charge in [-0.3, -0.25) is 9.59 Å². The molecule has 0 aliphatic heterocycles. The minimum Gasteiger partial charge on any atom is -0.325 e. The van der Waals surface area contributed by atoms with Crippen LogP contribution in [0.5, 0.6) is 0 Å². The second-order valence-corrected chi connectivity index (χ2v) is 6.23. The Balaban J connectivity index is 1.67. The maximum absolute atomic E-state index is 13.0. The molecule has 0 fully saturated rings. The van der Waals surface area contributed by atoms with Crippen LogP contribution < -0.4 is 5.32 Å². The first-order valence-electron chi connectivity index (χ1n) is 8.25. The fourth-order valence-corrected chi connectivity index (χ4v) is 3.44. The molecule has 3 aromatic rings. The van der Waals surface area contributed by atoms with E-state index in [1.807, 2.05) is 36.4 Å². The zero-order chi connectivity index (χ0) is 17.4. The summed E-state index contributed by atoms with van der Waals surface area (Å²) in [6.07, 6.45) is 0. The monoisotopic (exact) mass is 327 g/mol. The number of carbonyl (C=O) groups is 2. The largest absolute Gasteiger partial charge is 0.325 e. The highest BCUT2D eigenvalue weighted by molar-refractivity contribution is 6.03. The lowest BCUT2D eigenvalue weighted by Crippen LogP contribution is -2.20. The summed E-state index contributed by atoms with van der Waals surface area (Å²) in [7, 11) is 0. The molecule has 1 amide bonds. The Morgan fingerprint density at radius 1 is 0.760 bits per heavy atom. The van der Waals surface area contributed by atoms with Gasteiger partial charge in [0.25, 0.3) is 0 Å². The Kier molecular flexibility index (Phi) is 3.69. The van der Waals surface area contributed by atoms with E-state index >= 15 is 0 Å². The van der Waals surface area contributed by atoms with E-state index in [2.05, 4.69) is 17.4 Å². The Morgan fingerprint density at radius 2 is 1.28 bits per heavy atom. The van der Waals surface area contributed by atoms with Gasteiger partial charge in [-0.1, -0.05) is 48.5 Å². The summed E-state index contributed by atoms with van der Waals surface area (Å²) in [6, 6.07) is 23.1. The molecular weight excluding hydrogens is 310 g/mol. The number of fused-ring (bicyclic) bond motifs is 3. The summed E-state index contributed by atoms with van der Waals surface area (Å²) in [5.41, 5.74) is 5.62. The van der Waals surface area contributed by atoms with E-state index in [0.717, 1.165) is 22.3 Å². The zero-order valence-corrected chi connectivity index (χ0v) is 13.8. The van der Waals surface area contributed by atoms with Crippen molar-refractivity contribution in [1.29, 1.82) is 0 Å². The number of benzene rings is 3. The van der Waals surface area contributed by atoms with Crippen LogP contribution in [0.4, 0.5) is 5.69 Å². The second-order valence-electron chi connectivity index (χ2n) is 6.23. The lowest BCUT2D eigenvalue weighted by molar-refractivity contribution is -0.116. The third-order valence-electron chi connectivity index (χ3n) is 4.65. The van der Waals surface area contributed by atoms with Gasteiger partial charge in [0.1, 0.15) is 0 Å². The first-order valence-corrected chi connectivity index (χ1v) is 8.25. The SMILES string of the molecule is CC(=O)c1ccc(NC(=O)C2c3ccccc3-c3ccccc32)cc1. The number of ketones is 1. The number of amides is 1. The molecule has 1 aliphatic carbocycles. The quantitative estimate of drug-likeness (QED) is 0.712. The molecule has 0 spiro atoms. The molecule has 4 rings (SSSR count). The van der Waals surface area contributed by atoms with Gasteiger partial charge in [0.15, 0.2) is 5.78 Å². The molecule has 0 unspecified atom stereocenters. The summed E-state index contributed by atoms with van der Waals surface area (Å²) in [5, 5.41) is 2.98. The smallest absolute Gasteiger partial charge is 0.236 e. The van der Waals surface area contributed by atoms with Crippen molar-refractivity contribution in [3.05, 3.63) is 89.5 Å². The minimum atomic E-state index is -0.320. The van der Waals surface area contributed by atoms with Crippen LogP contribution in [0, 0.1) is 0 Å². The third kappa shape index (κ3) is 2.64. The van der Waals surface area contributed by atoms with Crippen molar-refractivity contribution >= 4 is 17.4 Å². The van der Waals surface area contributed by atoms with Crippen LogP contribution in [0.2, 0.25) is 0 Å². The lowest BCUT2D eigenvalue weighted by atomic mass is 9.96. The minimum absolute atomic E-state index is 0.0107. The molecule has 0 saturated heterocycles. The molecular formula is C22H17NO2. The van der Waals surface area contributed by atoms with Crippen molar-refractivity contribution in [2.45, 2.75) is 12.8 Å². The molecule has 0 saturated carbocycles. The predicted molar refractivity (Wildman–Crippen MR) is 98.8 cm³/mol. The fraction of sp³-hybridized carbons (Fsp3) is 0.0909. The number of hydrogen-bond acceptors (Lipinski definition) is 2. The number of nitrogens with one attached hydrogen (secondary N) is 1. The van der Waals surface area contributed by atoms with E-state index in [1.165, 1.54) is 6.92 Å². The highest BCUT2D eigenvalue weighted by Crippen LogP contribution is 2.44. The standard InChI is InChI=1S/C22H17NO2/c1-14(24)15-10-12-16(13-11-15)23-22(25)21-19-8-4-2-6-17(19)18-7-3-5-9-20(18)21/h2-13,21H,1H3,(H,23,25). The average molecular weight is 327 g/mol. The Bertz CT molecular complexity index is 928. The zero-order valence-electron chi connectivity index (χ0n) is 13.8. The normalized spacial score (nSPS) is 12.4. The van der Waals surface area contributed by atoms with Crippen LogP contribution in [-0.4, -0.2) is 11.7 Å². The van der Waals surface area contributed by atoms with Gasteiger partial charge in [0, 0.05) is 11.3 Å². The van der Waals surface area contributed by atoms with Crippen LogP contribution >= 0.6 is 0 Å². The van der Waals surface area contributed by atoms with Crippen molar-refractivity contribution in [3.63, 3.8) is 0 Å². The molecule has 0 heterocycles. The Hall–Kier alpha value is -3.20. The molecule has 3 heteroatoms. The van der Waals surface area contributed by atoms with Crippen LogP contribution in [-0.2, 0) is 4.79 Å². The number of Topliss-reactive ketones (excluding diaryl/α,β-unsaturated/α-hetero) is 1. The maximum Gasteiger partial charge on any atom is 0.236 e. The molecule has 0 radical (unpaired) electrons. The molecule has 3 aromatic carbocycles. The van der Waals surface area contributed by atoms with Gasteiger partial charge in [-0.05, 0) is 53.4 Å². The number of rotatable bonds is 3. The molecule has 0 aromatic heterocycles. The summed E-state index contributed by atoms with van der Waals surface area (Å²) in [6.45, 7) is 1.53. The van der Waals surface area contributed by atoms with Gasteiger partial charge in [0.05, 0.1) is 5.92 Å². The van der Waals surface area contributed by atoms with E-state index in [9.17, 15) is 9.59 Å². The van der Waals surface area contributed by atoms with Crippen LogP contribution in [0.15, 0.2) is 72.8 Å². The van der Waals surface area contributed by atoms with Gasteiger partial charge < -0.3 is 5.32 Å². The fourth-order valence-electron chi connectivity index (χ4n) is 3.44. The lowest BCUT2D eigenvalue weighted by Gasteiger charge is -2.14. The molecule has 1 N–H and O–H groups in total. The van der Waals surface area contributed by atoms with E-state index in [-0.39, 0.29) is 17.6 Å². The topological polar surface area (TPSA) is 46.2 Å². The second kappa shape index (κ2) is 6.02. The first kappa shape index (κ1) is 15.3. The van der Waals surface area contributed by atoms with Crippen LogP contribution in [0.3, 0.4) is 0 Å². The van der Waals surface area contributed by atoms with E-state index in [0.29, 0.717) is 11.3 Å². The third-order valence-corrected chi connectivity index (χ3v) is 4.65. The van der Waals surface area contributed by atoms with Crippen molar-refractivity contribution < 1.29 is 9.59 Å². The van der Waals surface area contributed by atoms with Crippen molar-refractivity contribution in [2.75, 3.05) is 5.32 Å². The molecule has 25 heavy (non-hydrogen) atoms. The molecule has 0 bridgehead atoms. The molecule has 3 nitrogen and oxygen atoms in total. The van der Waals surface area contributed by atoms with Gasteiger partial charge in [-0.25, -0.2) is 0 Å². The maximum atomic E-state index is 13.0. The molecule has 122 valence electrons. The average Bonchev–Trinajstić information content (AvgIpc) is 2.97. The predicted octanol–water partition coefficient (Wildman–Crippen LogP) is 4.64. The van der Waals surface area contributed by atoms with Crippen LogP contribution in [0.1, 0.15) is 34.3 Å². The van der Waals surface area contributed by atoms with E-state index in [1.54, 1.807) is 24.3 Å². The molecule has 1 aliphatic rings. The van der Waals surface area contributed by atoms with Crippen LogP contribution in [0.25, 0.3) is 11.1 Å².